The molecule has 4 aromatic rings. The highest BCUT2D eigenvalue weighted by Crippen LogP contribution is 2.37. The monoisotopic (exact) mass is 359 g/mol. The summed E-state index contributed by atoms with van der Waals surface area (Å²) in [6.45, 7) is 0. The predicted octanol–water partition coefficient (Wildman–Crippen LogP) is 2.62. The molecule has 7 heteroatoms. The summed E-state index contributed by atoms with van der Waals surface area (Å²) in [7, 11) is 0. The van der Waals surface area contributed by atoms with Crippen LogP contribution in [0.5, 0.6) is 0 Å². The number of hydrogen-bond acceptors (Lipinski definition) is 6. The standard InChI is InChI=1S/C20H21N7/c21-15-3-5-20(22,6-4-15)18-16-8-12(1-2-17(16)24-11-25-18)13-7-14-10-26-27-19(14)23-9-13/h1-2,7-11,15H,3-6,21-22H2,(H,23,26,27). The van der Waals surface area contributed by atoms with E-state index in [-0.39, 0.29) is 6.04 Å². The minimum absolute atomic E-state index is 0.234. The highest BCUT2D eigenvalue weighted by atomic mass is 15.1. The van der Waals surface area contributed by atoms with Gasteiger partial charge in [-0.25, -0.2) is 15.0 Å². The van der Waals surface area contributed by atoms with Crippen LogP contribution in [0.1, 0.15) is 31.4 Å². The van der Waals surface area contributed by atoms with Gasteiger partial charge in [0.15, 0.2) is 5.65 Å². The fourth-order valence-corrected chi connectivity index (χ4v) is 4.02. The van der Waals surface area contributed by atoms with E-state index in [0.717, 1.165) is 64.4 Å². The Labute approximate surface area is 156 Å². The van der Waals surface area contributed by atoms with Crippen molar-refractivity contribution in [1.82, 2.24) is 25.1 Å². The Morgan fingerprint density at radius 2 is 1.85 bits per heavy atom. The number of hydrogen-bond donors (Lipinski definition) is 3. The van der Waals surface area contributed by atoms with Gasteiger partial charge in [-0.05, 0) is 49.4 Å². The average Bonchev–Trinajstić information content (AvgIpc) is 3.17. The van der Waals surface area contributed by atoms with Crippen molar-refractivity contribution in [2.45, 2.75) is 37.3 Å². The second-order valence-electron chi connectivity index (χ2n) is 7.48. The maximum Gasteiger partial charge on any atom is 0.155 e. The van der Waals surface area contributed by atoms with E-state index >= 15 is 0 Å². The van der Waals surface area contributed by atoms with Crippen molar-refractivity contribution in [2.24, 2.45) is 11.5 Å². The van der Waals surface area contributed by atoms with Crippen molar-refractivity contribution in [1.29, 1.82) is 0 Å². The molecule has 1 fully saturated rings. The second-order valence-corrected chi connectivity index (χ2v) is 7.48. The van der Waals surface area contributed by atoms with Crippen LogP contribution >= 0.6 is 0 Å². The highest BCUT2D eigenvalue weighted by Gasteiger charge is 2.34. The van der Waals surface area contributed by atoms with Crippen LogP contribution in [0.25, 0.3) is 33.1 Å². The van der Waals surface area contributed by atoms with Gasteiger partial charge in [0, 0.05) is 28.6 Å². The minimum atomic E-state index is -0.456. The van der Waals surface area contributed by atoms with Gasteiger partial charge in [0.1, 0.15) is 6.33 Å². The number of nitrogens with two attached hydrogens (primary N) is 2. The van der Waals surface area contributed by atoms with Crippen LogP contribution in [-0.4, -0.2) is 31.2 Å². The number of aromatic amines is 1. The van der Waals surface area contributed by atoms with Gasteiger partial charge < -0.3 is 11.5 Å². The summed E-state index contributed by atoms with van der Waals surface area (Å²) in [5, 5.41) is 8.90. The van der Waals surface area contributed by atoms with E-state index in [9.17, 15) is 0 Å². The zero-order valence-electron chi connectivity index (χ0n) is 14.9. The molecule has 1 aliphatic carbocycles. The second kappa shape index (κ2) is 6.07. The van der Waals surface area contributed by atoms with Gasteiger partial charge in [0.25, 0.3) is 0 Å². The third-order valence-corrected chi connectivity index (χ3v) is 5.65. The van der Waals surface area contributed by atoms with E-state index in [0.29, 0.717) is 0 Å². The fraction of sp³-hybridized carbons (Fsp3) is 0.300. The van der Waals surface area contributed by atoms with Crippen LogP contribution in [0.3, 0.4) is 0 Å². The van der Waals surface area contributed by atoms with E-state index in [1.807, 2.05) is 12.3 Å². The molecule has 27 heavy (non-hydrogen) atoms. The number of aromatic nitrogens is 5. The van der Waals surface area contributed by atoms with Crippen molar-refractivity contribution in [3.8, 4) is 11.1 Å². The summed E-state index contributed by atoms with van der Waals surface area (Å²) in [4.78, 5) is 13.5. The van der Waals surface area contributed by atoms with Gasteiger partial charge in [0.2, 0.25) is 0 Å². The predicted molar refractivity (Wildman–Crippen MR) is 105 cm³/mol. The van der Waals surface area contributed by atoms with Crippen LogP contribution in [0.15, 0.2) is 43.0 Å². The molecule has 7 nitrogen and oxygen atoms in total. The Bertz CT molecular complexity index is 1130. The number of pyridine rings is 1. The van der Waals surface area contributed by atoms with Crippen molar-refractivity contribution in [3.05, 3.63) is 48.7 Å². The summed E-state index contributed by atoms with van der Waals surface area (Å²) >= 11 is 0. The number of nitrogens with one attached hydrogen (secondary N) is 1. The van der Waals surface area contributed by atoms with Gasteiger partial charge in [-0.3, -0.25) is 5.10 Å². The molecule has 1 saturated carbocycles. The largest absolute Gasteiger partial charge is 0.328 e. The normalized spacial score (nSPS) is 23.1. The number of rotatable bonds is 2. The van der Waals surface area contributed by atoms with Crippen LogP contribution in [0.4, 0.5) is 0 Å². The highest BCUT2D eigenvalue weighted by molar-refractivity contribution is 5.88. The lowest BCUT2D eigenvalue weighted by Crippen LogP contribution is -2.44. The van der Waals surface area contributed by atoms with Crippen LogP contribution in [0, 0.1) is 0 Å². The number of benzene rings is 1. The van der Waals surface area contributed by atoms with Crippen LogP contribution in [-0.2, 0) is 5.54 Å². The van der Waals surface area contributed by atoms with Gasteiger partial charge in [-0.15, -0.1) is 0 Å². The third-order valence-electron chi connectivity index (χ3n) is 5.65. The summed E-state index contributed by atoms with van der Waals surface area (Å²) in [6, 6.07) is 8.51. The summed E-state index contributed by atoms with van der Waals surface area (Å²) in [5.41, 5.74) is 17.1. The molecule has 0 atom stereocenters. The molecule has 3 aromatic heterocycles. The first kappa shape index (κ1) is 16.3. The SMILES string of the molecule is NC1CCC(N)(c2ncnc3ccc(-c4cnc5[nH]ncc5c4)cc23)CC1. The maximum atomic E-state index is 6.79. The number of fused-ring (bicyclic) bond motifs is 2. The van der Waals surface area contributed by atoms with Crippen molar-refractivity contribution >= 4 is 21.9 Å². The molecule has 3 heterocycles. The molecule has 1 aliphatic rings. The van der Waals surface area contributed by atoms with Gasteiger partial charge in [0.05, 0.1) is 22.9 Å². The van der Waals surface area contributed by atoms with Crippen LogP contribution in [0.2, 0.25) is 0 Å². The first-order chi connectivity index (χ1) is 13.1. The molecule has 0 spiro atoms. The van der Waals surface area contributed by atoms with Gasteiger partial charge in [-0.1, -0.05) is 6.07 Å². The van der Waals surface area contributed by atoms with E-state index in [4.69, 9.17) is 11.5 Å². The zero-order chi connectivity index (χ0) is 18.4. The maximum absolute atomic E-state index is 6.79. The Morgan fingerprint density at radius 3 is 2.70 bits per heavy atom. The smallest absolute Gasteiger partial charge is 0.155 e. The van der Waals surface area contributed by atoms with Crippen LogP contribution < -0.4 is 11.5 Å². The van der Waals surface area contributed by atoms with E-state index in [2.05, 4.69) is 43.3 Å². The molecule has 0 saturated heterocycles. The summed E-state index contributed by atoms with van der Waals surface area (Å²) in [5.74, 6) is 0. The Morgan fingerprint density at radius 1 is 1.00 bits per heavy atom. The lowest BCUT2D eigenvalue weighted by Gasteiger charge is -2.36. The molecule has 5 N–H and O–H groups in total. The molecule has 1 aromatic carbocycles. The Kier molecular flexibility index (Phi) is 3.66. The number of nitrogens with zero attached hydrogens (tertiary/aromatic N) is 4. The lowest BCUT2D eigenvalue weighted by atomic mass is 9.77. The Hall–Kier alpha value is -2.90. The average molecular weight is 359 g/mol. The zero-order valence-corrected chi connectivity index (χ0v) is 14.9. The molecule has 0 bridgehead atoms. The fourth-order valence-electron chi connectivity index (χ4n) is 4.02. The molecular formula is C20H21N7. The van der Waals surface area contributed by atoms with Crippen molar-refractivity contribution in [3.63, 3.8) is 0 Å². The molecule has 136 valence electrons. The first-order valence-electron chi connectivity index (χ1n) is 9.22. The molecule has 0 radical (unpaired) electrons. The Balaban J connectivity index is 1.64. The van der Waals surface area contributed by atoms with Crippen molar-refractivity contribution in [2.75, 3.05) is 0 Å². The molecule has 5 rings (SSSR count). The van der Waals surface area contributed by atoms with E-state index < -0.39 is 5.54 Å². The summed E-state index contributed by atoms with van der Waals surface area (Å²) < 4.78 is 0. The molecule has 0 amide bonds. The minimum Gasteiger partial charge on any atom is -0.328 e. The first-order valence-corrected chi connectivity index (χ1v) is 9.22. The molecule has 0 unspecified atom stereocenters. The quantitative estimate of drug-likeness (QED) is 0.506. The summed E-state index contributed by atoms with van der Waals surface area (Å²) in [6.07, 6.45) is 8.76. The van der Waals surface area contributed by atoms with Crippen molar-refractivity contribution < 1.29 is 0 Å². The molecule has 0 aliphatic heterocycles. The third kappa shape index (κ3) is 2.75. The van der Waals surface area contributed by atoms with Gasteiger partial charge in [-0.2, -0.15) is 5.10 Å². The number of H-pyrrole nitrogens is 1. The lowest BCUT2D eigenvalue weighted by molar-refractivity contribution is 0.273. The topological polar surface area (TPSA) is 119 Å². The van der Waals surface area contributed by atoms with E-state index in [1.54, 1.807) is 12.5 Å². The van der Waals surface area contributed by atoms with E-state index in [1.165, 1.54) is 0 Å². The molecular weight excluding hydrogens is 338 g/mol. The van der Waals surface area contributed by atoms with Gasteiger partial charge >= 0.3 is 0 Å².